The molecule has 11 nitrogen and oxygen atoms in total. The number of aromatic nitrogens is 6. The zero-order valence-electron chi connectivity index (χ0n) is 20.9. The molecule has 3 saturated carbocycles. The summed E-state index contributed by atoms with van der Waals surface area (Å²) in [7, 11) is 1.81. The molecule has 0 amide bonds. The molecule has 4 unspecified atom stereocenters. The van der Waals surface area contributed by atoms with Crippen LogP contribution in [0.3, 0.4) is 0 Å². The Balaban J connectivity index is 1.13. The number of aryl methyl sites for hydroxylation is 2. The zero-order valence-corrected chi connectivity index (χ0v) is 20.9. The van der Waals surface area contributed by atoms with E-state index in [2.05, 4.69) is 20.3 Å². The summed E-state index contributed by atoms with van der Waals surface area (Å²) in [4.78, 5) is 24.6. The Morgan fingerprint density at radius 1 is 1.08 bits per heavy atom. The maximum Gasteiger partial charge on any atom is 0.306 e. The monoisotopic (exact) mass is 506 g/mol. The lowest BCUT2D eigenvalue weighted by molar-refractivity contribution is -0.143. The smallest absolute Gasteiger partial charge is 0.306 e. The molecule has 194 valence electrons. The van der Waals surface area contributed by atoms with Crippen LogP contribution in [0.5, 0.6) is 17.5 Å². The molecule has 3 heterocycles. The van der Waals surface area contributed by atoms with Crippen LogP contribution in [0.25, 0.3) is 11.4 Å². The lowest BCUT2D eigenvalue weighted by Crippen LogP contribution is -2.21. The number of fused-ring (bicyclic) bond motifs is 1. The van der Waals surface area contributed by atoms with Crippen LogP contribution in [0.4, 0.5) is 0 Å². The van der Waals surface area contributed by atoms with Crippen LogP contribution in [0.1, 0.15) is 49.9 Å². The fourth-order valence-corrected chi connectivity index (χ4v) is 5.63. The van der Waals surface area contributed by atoms with Crippen molar-refractivity contribution >= 4 is 5.97 Å². The standard InChI is InChI=1S/C26H30N6O5/c1-14-22(36-17-9-15-3-6-18(26(33)34)19(15)10-17)8-7-20(29-14)25-21(32(2)31-30-25)12-35-23-11-24(28-13-27-23)37-16-4-5-16/h7-8,11,13,15-19H,3-6,9-10,12H2,1-2H3,(H,33,34). The van der Waals surface area contributed by atoms with Gasteiger partial charge in [0.1, 0.15) is 36.2 Å². The molecule has 3 aliphatic carbocycles. The fraction of sp³-hybridized carbons (Fsp3) is 0.538. The largest absolute Gasteiger partial charge is 0.489 e. The second-order valence-corrected chi connectivity index (χ2v) is 10.2. The molecule has 3 aromatic rings. The summed E-state index contributed by atoms with van der Waals surface area (Å²) in [5, 5.41) is 18.0. The van der Waals surface area contributed by atoms with E-state index < -0.39 is 5.97 Å². The number of rotatable bonds is 9. The van der Waals surface area contributed by atoms with Crippen molar-refractivity contribution in [3.8, 4) is 28.9 Å². The molecule has 6 rings (SSSR count). The molecule has 0 radical (unpaired) electrons. The van der Waals surface area contributed by atoms with E-state index in [1.807, 2.05) is 26.1 Å². The number of ether oxygens (including phenoxy) is 3. The van der Waals surface area contributed by atoms with Crippen molar-refractivity contribution in [3.63, 3.8) is 0 Å². The summed E-state index contributed by atoms with van der Waals surface area (Å²) in [5.74, 6) is 1.37. The number of hydrogen-bond acceptors (Lipinski definition) is 9. The van der Waals surface area contributed by atoms with Gasteiger partial charge in [0.05, 0.1) is 29.5 Å². The highest BCUT2D eigenvalue weighted by molar-refractivity contribution is 5.71. The van der Waals surface area contributed by atoms with Gasteiger partial charge in [-0.3, -0.25) is 4.79 Å². The third-order valence-corrected chi connectivity index (χ3v) is 7.69. The predicted molar refractivity (Wildman–Crippen MR) is 130 cm³/mol. The van der Waals surface area contributed by atoms with E-state index in [9.17, 15) is 9.90 Å². The number of aliphatic carboxylic acids is 1. The Morgan fingerprint density at radius 2 is 1.92 bits per heavy atom. The molecule has 37 heavy (non-hydrogen) atoms. The SMILES string of the molecule is Cc1nc(-c2nnn(C)c2COc2cc(OC3CC3)ncn2)ccc1OC1CC2CCC(C(=O)O)C2C1. The van der Waals surface area contributed by atoms with Crippen LogP contribution in [-0.4, -0.2) is 53.2 Å². The number of carboxylic acid groups (broad SMARTS) is 1. The van der Waals surface area contributed by atoms with Gasteiger partial charge in [-0.15, -0.1) is 5.10 Å². The van der Waals surface area contributed by atoms with Crippen molar-refractivity contribution in [1.82, 2.24) is 29.9 Å². The van der Waals surface area contributed by atoms with Crippen molar-refractivity contribution in [1.29, 1.82) is 0 Å². The predicted octanol–water partition coefficient (Wildman–Crippen LogP) is 3.36. The molecule has 0 saturated heterocycles. The first-order chi connectivity index (χ1) is 17.9. The van der Waals surface area contributed by atoms with Crippen molar-refractivity contribution in [2.45, 2.75) is 64.3 Å². The minimum absolute atomic E-state index is 0.0191. The highest BCUT2D eigenvalue weighted by Gasteiger charge is 2.47. The van der Waals surface area contributed by atoms with Crippen LogP contribution in [0.2, 0.25) is 0 Å². The van der Waals surface area contributed by atoms with Gasteiger partial charge in [-0.2, -0.15) is 0 Å². The van der Waals surface area contributed by atoms with E-state index in [1.54, 1.807) is 10.7 Å². The molecule has 4 atom stereocenters. The van der Waals surface area contributed by atoms with Gasteiger partial charge in [0.2, 0.25) is 11.8 Å². The van der Waals surface area contributed by atoms with Gasteiger partial charge in [-0.05, 0) is 69.4 Å². The van der Waals surface area contributed by atoms with Gasteiger partial charge in [-0.1, -0.05) is 5.21 Å². The van der Waals surface area contributed by atoms with E-state index >= 15 is 0 Å². The molecule has 0 aromatic carbocycles. The lowest BCUT2D eigenvalue weighted by atomic mass is 9.92. The number of carbonyl (C=O) groups is 1. The van der Waals surface area contributed by atoms with E-state index in [0.717, 1.165) is 49.9 Å². The van der Waals surface area contributed by atoms with Gasteiger partial charge < -0.3 is 19.3 Å². The van der Waals surface area contributed by atoms with Crippen molar-refractivity contribution in [2.75, 3.05) is 0 Å². The van der Waals surface area contributed by atoms with Gasteiger partial charge in [0, 0.05) is 7.05 Å². The minimum atomic E-state index is -0.675. The molecule has 1 N–H and O–H groups in total. The maximum absolute atomic E-state index is 11.6. The third kappa shape index (κ3) is 4.94. The Kier molecular flexibility index (Phi) is 6.13. The summed E-state index contributed by atoms with van der Waals surface area (Å²) < 4.78 is 19.6. The quantitative estimate of drug-likeness (QED) is 0.460. The Hall–Kier alpha value is -3.76. The summed E-state index contributed by atoms with van der Waals surface area (Å²) >= 11 is 0. The minimum Gasteiger partial charge on any atom is -0.489 e. The zero-order chi connectivity index (χ0) is 25.5. The summed E-state index contributed by atoms with van der Waals surface area (Å²) in [5.41, 5.74) is 2.80. The topological polar surface area (TPSA) is 134 Å². The normalized spacial score (nSPS) is 24.6. The molecule has 3 aromatic heterocycles. The number of carboxylic acids is 1. The van der Waals surface area contributed by atoms with Gasteiger partial charge in [-0.25, -0.2) is 19.6 Å². The number of hydrogen-bond donors (Lipinski definition) is 1. The molecule has 0 aliphatic heterocycles. The summed E-state index contributed by atoms with van der Waals surface area (Å²) in [6.45, 7) is 2.11. The van der Waals surface area contributed by atoms with E-state index in [1.165, 1.54) is 6.33 Å². The van der Waals surface area contributed by atoms with Crippen molar-refractivity contribution < 1.29 is 24.1 Å². The van der Waals surface area contributed by atoms with Crippen LogP contribution >= 0.6 is 0 Å². The first-order valence-corrected chi connectivity index (χ1v) is 12.8. The number of nitrogens with zero attached hydrogens (tertiary/aromatic N) is 6. The highest BCUT2D eigenvalue weighted by atomic mass is 16.5. The Labute approximate surface area is 214 Å². The molecular formula is C26H30N6O5. The highest BCUT2D eigenvalue weighted by Crippen LogP contribution is 2.48. The van der Waals surface area contributed by atoms with Gasteiger partial charge >= 0.3 is 5.97 Å². The first kappa shape index (κ1) is 23.6. The van der Waals surface area contributed by atoms with E-state index in [-0.39, 0.29) is 30.7 Å². The summed E-state index contributed by atoms with van der Waals surface area (Å²) in [6.07, 6.45) is 7.22. The van der Waals surface area contributed by atoms with Gasteiger partial charge in [0.25, 0.3) is 0 Å². The van der Waals surface area contributed by atoms with Crippen molar-refractivity contribution in [3.05, 3.63) is 35.9 Å². The molecule has 0 bridgehead atoms. The molecule has 0 spiro atoms. The Bertz CT molecular complexity index is 1310. The molecular weight excluding hydrogens is 476 g/mol. The second-order valence-electron chi connectivity index (χ2n) is 10.2. The Morgan fingerprint density at radius 3 is 2.70 bits per heavy atom. The maximum atomic E-state index is 11.6. The van der Waals surface area contributed by atoms with Gasteiger partial charge in [0.15, 0.2) is 0 Å². The molecule has 3 aliphatic rings. The average molecular weight is 507 g/mol. The van der Waals surface area contributed by atoms with Crippen LogP contribution in [-0.2, 0) is 18.4 Å². The molecule has 3 fully saturated rings. The van der Waals surface area contributed by atoms with Crippen LogP contribution < -0.4 is 14.2 Å². The second kappa shape index (κ2) is 9.60. The third-order valence-electron chi connectivity index (χ3n) is 7.69. The average Bonchev–Trinajstić information content (AvgIpc) is 3.28. The van der Waals surface area contributed by atoms with E-state index in [4.69, 9.17) is 19.2 Å². The molecule has 11 heteroatoms. The lowest BCUT2D eigenvalue weighted by Gasteiger charge is -2.18. The van der Waals surface area contributed by atoms with Crippen LogP contribution in [0.15, 0.2) is 24.5 Å². The summed E-state index contributed by atoms with van der Waals surface area (Å²) in [6, 6.07) is 5.47. The van der Waals surface area contributed by atoms with Crippen molar-refractivity contribution in [2.24, 2.45) is 24.8 Å². The van der Waals surface area contributed by atoms with E-state index in [0.29, 0.717) is 34.8 Å². The first-order valence-electron chi connectivity index (χ1n) is 12.8. The van der Waals surface area contributed by atoms with Crippen LogP contribution in [0, 0.1) is 24.7 Å². The fourth-order valence-electron chi connectivity index (χ4n) is 5.63. The number of pyridine rings is 1.